The molecule has 0 aromatic heterocycles. The summed E-state index contributed by atoms with van der Waals surface area (Å²) in [6.07, 6.45) is 14.7. The van der Waals surface area contributed by atoms with Gasteiger partial charge in [-0.2, -0.15) is 5.10 Å². The number of allylic oxidation sites excluding steroid dienone is 4. The summed E-state index contributed by atoms with van der Waals surface area (Å²) in [4.78, 5) is 0. The van der Waals surface area contributed by atoms with Crippen molar-refractivity contribution < 1.29 is 0 Å². The van der Waals surface area contributed by atoms with E-state index in [0.29, 0.717) is 0 Å². The molecule has 2 heteroatoms. The summed E-state index contributed by atoms with van der Waals surface area (Å²) in [7, 11) is 0. The van der Waals surface area contributed by atoms with Gasteiger partial charge in [-0.3, -0.25) is 0 Å². The summed E-state index contributed by atoms with van der Waals surface area (Å²) < 4.78 is 0. The Morgan fingerprint density at radius 2 is 1.94 bits per heavy atom. The molecule has 0 saturated heterocycles. The number of nitrogens with zero attached hydrogens (tertiary/aromatic N) is 2. The molecule has 16 heavy (non-hydrogen) atoms. The van der Waals surface area contributed by atoms with Gasteiger partial charge in [0.2, 0.25) is 0 Å². The Labute approximate surface area is 99.0 Å². The summed E-state index contributed by atoms with van der Waals surface area (Å²) in [6, 6.07) is 0. The van der Waals surface area contributed by atoms with E-state index in [2.05, 4.69) is 44.9 Å². The van der Waals surface area contributed by atoms with Gasteiger partial charge >= 0.3 is 0 Å². The fourth-order valence-electron chi connectivity index (χ4n) is 1.43. The molecule has 0 saturated carbocycles. The third kappa shape index (κ3) is 3.09. The molecular weight excluding hydrogens is 196 g/mol. The molecule has 0 spiro atoms. The largest absolute Gasteiger partial charge is 0.242 e. The van der Waals surface area contributed by atoms with Crippen molar-refractivity contribution >= 4 is 6.21 Å². The first-order valence-corrected chi connectivity index (χ1v) is 6.07. The van der Waals surface area contributed by atoms with E-state index >= 15 is 0 Å². The van der Waals surface area contributed by atoms with Crippen LogP contribution in [-0.2, 0) is 0 Å². The molecule has 88 valence electrons. The van der Waals surface area contributed by atoms with Crippen LogP contribution in [0, 0.1) is 5.41 Å². The summed E-state index contributed by atoms with van der Waals surface area (Å²) in [6.45, 7) is 8.63. The van der Waals surface area contributed by atoms with Gasteiger partial charge in [-0.15, -0.1) is 0 Å². The van der Waals surface area contributed by atoms with Gasteiger partial charge in [-0.05, 0) is 24.6 Å². The van der Waals surface area contributed by atoms with Crippen LogP contribution >= 0.6 is 0 Å². The van der Waals surface area contributed by atoms with Crippen molar-refractivity contribution in [3.8, 4) is 0 Å². The lowest BCUT2D eigenvalue weighted by molar-refractivity contribution is 0.451. The summed E-state index contributed by atoms with van der Waals surface area (Å²) in [5.41, 5.74) is 1.30. The molecule has 2 aliphatic heterocycles. The maximum atomic E-state index is 4.38. The zero-order chi connectivity index (χ0) is 12.0. The molecule has 1 unspecified atom stereocenters. The Balaban J connectivity index is 0.000000386. The Bertz CT molecular complexity index is 337. The highest BCUT2D eigenvalue weighted by molar-refractivity contribution is 5.70. The number of hydrogen-bond donors (Lipinski definition) is 0. The van der Waals surface area contributed by atoms with Crippen LogP contribution < -0.4 is 0 Å². The van der Waals surface area contributed by atoms with Gasteiger partial charge in [-0.25, -0.2) is 5.01 Å². The predicted molar refractivity (Wildman–Crippen MR) is 71.1 cm³/mol. The van der Waals surface area contributed by atoms with E-state index in [1.807, 2.05) is 29.6 Å². The zero-order valence-electron chi connectivity index (χ0n) is 10.8. The minimum absolute atomic E-state index is 0.126. The van der Waals surface area contributed by atoms with Gasteiger partial charge < -0.3 is 0 Å². The van der Waals surface area contributed by atoms with Gasteiger partial charge in [0.05, 0.1) is 5.70 Å². The fourth-order valence-corrected chi connectivity index (χ4v) is 1.43. The van der Waals surface area contributed by atoms with Gasteiger partial charge in [-0.1, -0.05) is 40.2 Å². The van der Waals surface area contributed by atoms with Crippen molar-refractivity contribution in [1.82, 2.24) is 5.01 Å². The summed E-state index contributed by atoms with van der Waals surface area (Å²) in [5.74, 6) is 0. The molecule has 0 amide bonds. The molecule has 2 aliphatic rings. The monoisotopic (exact) mass is 218 g/mol. The van der Waals surface area contributed by atoms with Gasteiger partial charge in [0.15, 0.2) is 0 Å². The second-order valence-electron chi connectivity index (χ2n) is 4.43. The van der Waals surface area contributed by atoms with Crippen molar-refractivity contribution in [3.63, 3.8) is 0 Å². The summed E-state index contributed by atoms with van der Waals surface area (Å²) in [5, 5.41) is 6.28. The third-order valence-electron chi connectivity index (χ3n) is 2.59. The van der Waals surface area contributed by atoms with E-state index in [9.17, 15) is 0 Å². The topological polar surface area (TPSA) is 15.6 Å². The van der Waals surface area contributed by atoms with Gasteiger partial charge in [0, 0.05) is 17.8 Å². The molecule has 0 aromatic carbocycles. The van der Waals surface area contributed by atoms with Crippen LogP contribution in [0.2, 0.25) is 0 Å². The zero-order valence-corrected chi connectivity index (χ0v) is 10.8. The number of rotatable bonds is 1. The fraction of sp³-hybridized carbons (Fsp3) is 0.500. The highest BCUT2D eigenvalue weighted by Crippen LogP contribution is 2.29. The van der Waals surface area contributed by atoms with E-state index in [4.69, 9.17) is 0 Å². The van der Waals surface area contributed by atoms with Crippen LogP contribution in [0.4, 0.5) is 0 Å². The number of fused-ring (bicyclic) bond motifs is 1. The van der Waals surface area contributed by atoms with Crippen molar-refractivity contribution in [3.05, 3.63) is 36.2 Å². The van der Waals surface area contributed by atoms with Crippen LogP contribution in [0.5, 0.6) is 0 Å². The van der Waals surface area contributed by atoms with Crippen LogP contribution in [0.25, 0.3) is 0 Å². The Morgan fingerprint density at radius 3 is 2.56 bits per heavy atom. The third-order valence-corrected chi connectivity index (χ3v) is 2.59. The number of hydrazone groups is 1. The minimum Gasteiger partial charge on any atom is -0.242 e. The quantitative estimate of drug-likeness (QED) is 0.647. The molecule has 2 heterocycles. The standard InChI is InChI=1S/C11H14N2.C3H8/c1-3-11(2)8-10-6-4-5-7-13(10)12-9-11;1-3-2/h4-9H,3H2,1-2H3;3H2,1-2H3. The van der Waals surface area contributed by atoms with Crippen LogP contribution in [0.15, 0.2) is 41.3 Å². The van der Waals surface area contributed by atoms with E-state index in [1.165, 1.54) is 12.1 Å². The molecule has 2 rings (SSSR count). The molecule has 0 N–H and O–H groups in total. The smallest absolute Gasteiger partial charge is 0.0614 e. The van der Waals surface area contributed by atoms with Crippen molar-refractivity contribution in [2.75, 3.05) is 0 Å². The van der Waals surface area contributed by atoms with Crippen LogP contribution in [0.1, 0.15) is 40.5 Å². The lowest BCUT2D eigenvalue weighted by atomic mass is 9.87. The van der Waals surface area contributed by atoms with Crippen molar-refractivity contribution in [2.24, 2.45) is 10.5 Å². The maximum Gasteiger partial charge on any atom is 0.0614 e. The van der Waals surface area contributed by atoms with Gasteiger partial charge in [0.25, 0.3) is 0 Å². The molecule has 0 aromatic rings. The molecule has 0 radical (unpaired) electrons. The molecule has 0 fully saturated rings. The SMILES string of the molecule is CCC.CCC1(C)C=NN2C=CC=CC2=C1. The van der Waals surface area contributed by atoms with E-state index in [1.54, 1.807) is 0 Å². The first kappa shape index (κ1) is 12.8. The molecule has 0 bridgehead atoms. The molecule has 2 nitrogen and oxygen atoms in total. The van der Waals surface area contributed by atoms with E-state index < -0.39 is 0 Å². The van der Waals surface area contributed by atoms with Crippen LogP contribution in [0.3, 0.4) is 0 Å². The minimum atomic E-state index is 0.126. The second kappa shape index (κ2) is 5.69. The Morgan fingerprint density at radius 1 is 1.25 bits per heavy atom. The number of hydrogen-bond acceptors (Lipinski definition) is 2. The molecule has 0 aliphatic carbocycles. The summed E-state index contributed by atoms with van der Waals surface area (Å²) >= 11 is 0. The van der Waals surface area contributed by atoms with Crippen molar-refractivity contribution in [2.45, 2.75) is 40.5 Å². The maximum absolute atomic E-state index is 4.38. The molecular formula is C14H22N2. The van der Waals surface area contributed by atoms with Crippen molar-refractivity contribution in [1.29, 1.82) is 0 Å². The van der Waals surface area contributed by atoms with E-state index in [0.717, 1.165) is 6.42 Å². The Kier molecular flexibility index (Phi) is 4.53. The van der Waals surface area contributed by atoms with E-state index in [-0.39, 0.29) is 5.41 Å². The lowest BCUT2D eigenvalue weighted by Gasteiger charge is -2.29. The normalized spacial score (nSPS) is 25.8. The van der Waals surface area contributed by atoms with Gasteiger partial charge in [0.1, 0.15) is 0 Å². The average Bonchev–Trinajstić information content (AvgIpc) is 2.30. The Hall–Kier alpha value is -1.31. The molecule has 1 atom stereocenters. The predicted octanol–water partition coefficient (Wildman–Crippen LogP) is 4.09. The first-order valence-electron chi connectivity index (χ1n) is 6.07. The lowest BCUT2D eigenvalue weighted by Crippen LogP contribution is -2.25. The first-order chi connectivity index (χ1) is 7.65. The second-order valence-corrected chi connectivity index (χ2v) is 4.43. The average molecular weight is 218 g/mol. The highest BCUT2D eigenvalue weighted by atomic mass is 15.4. The van der Waals surface area contributed by atoms with Crippen LogP contribution in [-0.4, -0.2) is 11.2 Å². The highest BCUT2D eigenvalue weighted by Gasteiger charge is 2.23.